The van der Waals surface area contributed by atoms with Crippen molar-refractivity contribution in [2.75, 3.05) is 5.32 Å². The summed E-state index contributed by atoms with van der Waals surface area (Å²) in [6.07, 6.45) is -0.263. The highest BCUT2D eigenvalue weighted by molar-refractivity contribution is 7.16. The molecular weight excluding hydrogens is 433 g/mol. The second-order valence-corrected chi connectivity index (χ2v) is 8.75. The molecule has 2 heterocycles. The first-order chi connectivity index (χ1) is 13.7. The van der Waals surface area contributed by atoms with Crippen LogP contribution in [0.2, 0.25) is 10.0 Å². The van der Waals surface area contributed by atoms with Crippen LogP contribution in [0.25, 0.3) is 11.3 Å². The number of hydrogen-bond donors (Lipinski definition) is 1. The Hall–Kier alpha value is -2.28. The second-order valence-electron chi connectivity index (χ2n) is 6.68. The van der Waals surface area contributed by atoms with Crippen molar-refractivity contribution in [3.63, 3.8) is 0 Å². The third-order valence-electron chi connectivity index (χ3n) is 4.18. The van der Waals surface area contributed by atoms with Crippen LogP contribution >= 0.6 is 34.5 Å². The van der Waals surface area contributed by atoms with Gasteiger partial charge >= 0.3 is 5.97 Å². The molecule has 0 fully saturated rings. The Kier molecular flexibility index (Phi) is 6.36. The van der Waals surface area contributed by atoms with Gasteiger partial charge in [0.05, 0.1) is 16.7 Å². The maximum atomic E-state index is 12.7. The van der Waals surface area contributed by atoms with Crippen LogP contribution in [0.1, 0.15) is 45.2 Å². The van der Waals surface area contributed by atoms with Gasteiger partial charge in [0.15, 0.2) is 5.76 Å². The van der Waals surface area contributed by atoms with E-state index in [1.165, 1.54) is 11.3 Å². The molecule has 29 heavy (non-hydrogen) atoms. The minimum atomic E-state index is -0.478. The Morgan fingerprint density at radius 1 is 1.14 bits per heavy atom. The number of halogens is 2. The van der Waals surface area contributed by atoms with Crippen molar-refractivity contribution in [2.24, 2.45) is 0 Å². The third-order valence-corrected chi connectivity index (χ3v) is 5.87. The van der Waals surface area contributed by atoms with Gasteiger partial charge < -0.3 is 14.5 Å². The summed E-state index contributed by atoms with van der Waals surface area (Å²) in [6.45, 7) is 7.25. The van der Waals surface area contributed by atoms with Gasteiger partial charge in [-0.3, -0.25) is 4.79 Å². The van der Waals surface area contributed by atoms with Crippen LogP contribution in [0.3, 0.4) is 0 Å². The van der Waals surface area contributed by atoms with Crippen molar-refractivity contribution in [1.82, 2.24) is 0 Å². The van der Waals surface area contributed by atoms with Crippen LogP contribution in [0, 0.1) is 13.8 Å². The predicted octanol–water partition coefficient (Wildman–Crippen LogP) is 6.75. The summed E-state index contributed by atoms with van der Waals surface area (Å²) in [7, 11) is 0. The first-order valence-corrected chi connectivity index (χ1v) is 10.4. The average molecular weight is 452 g/mol. The lowest BCUT2D eigenvalue weighted by Gasteiger charge is -2.10. The number of carbonyl (C=O) groups is 2. The lowest BCUT2D eigenvalue weighted by molar-refractivity contribution is 0.0379. The topological polar surface area (TPSA) is 68.5 Å². The summed E-state index contributed by atoms with van der Waals surface area (Å²) >= 11 is 13.5. The molecule has 0 radical (unpaired) electrons. The summed E-state index contributed by atoms with van der Waals surface area (Å²) in [5, 5.41) is 4.15. The van der Waals surface area contributed by atoms with Crippen molar-refractivity contribution in [3.05, 3.63) is 62.1 Å². The number of carbonyl (C=O) groups excluding carboxylic acids is 2. The number of anilines is 1. The van der Waals surface area contributed by atoms with E-state index in [4.69, 9.17) is 32.4 Å². The van der Waals surface area contributed by atoms with Crippen molar-refractivity contribution in [1.29, 1.82) is 0 Å². The molecule has 1 N–H and O–H groups in total. The van der Waals surface area contributed by atoms with E-state index in [2.05, 4.69) is 5.32 Å². The zero-order chi connectivity index (χ0) is 21.3. The van der Waals surface area contributed by atoms with Gasteiger partial charge in [-0.25, -0.2) is 4.79 Å². The van der Waals surface area contributed by atoms with E-state index in [1.807, 2.05) is 13.8 Å². The third kappa shape index (κ3) is 4.66. The Bertz CT molecular complexity index is 1080. The summed E-state index contributed by atoms with van der Waals surface area (Å²) in [5.41, 5.74) is 1.73. The fraction of sp³-hybridized carbons (Fsp3) is 0.238. The molecule has 0 aliphatic carbocycles. The number of hydrogen-bond acceptors (Lipinski definition) is 5. The molecule has 1 aromatic carbocycles. The fourth-order valence-electron chi connectivity index (χ4n) is 2.69. The first kappa shape index (κ1) is 21.4. The van der Waals surface area contributed by atoms with E-state index < -0.39 is 11.9 Å². The number of esters is 1. The van der Waals surface area contributed by atoms with Gasteiger partial charge in [0.2, 0.25) is 0 Å². The molecule has 0 spiro atoms. The van der Waals surface area contributed by atoms with E-state index in [0.717, 1.165) is 10.4 Å². The monoisotopic (exact) mass is 451 g/mol. The molecule has 0 saturated heterocycles. The molecule has 152 valence electrons. The first-order valence-electron chi connectivity index (χ1n) is 8.85. The zero-order valence-electron chi connectivity index (χ0n) is 16.3. The van der Waals surface area contributed by atoms with Gasteiger partial charge in [-0.15, -0.1) is 11.3 Å². The van der Waals surface area contributed by atoms with Gasteiger partial charge in [-0.1, -0.05) is 23.2 Å². The second kappa shape index (κ2) is 8.61. The van der Waals surface area contributed by atoms with Gasteiger partial charge in [-0.2, -0.15) is 0 Å². The number of ether oxygens (including phenoxy) is 1. The van der Waals surface area contributed by atoms with E-state index in [1.54, 1.807) is 44.2 Å². The van der Waals surface area contributed by atoms with E-state index >= 15 is 0 Å². The van der Waals surface area contributed by atoms with Crippen molar-refractivity contribution in [3.8, 4) is 11.3 Å². The molecule has 8 heteroatoms. The van der Waals surface area contributed by atoms with E-state index in [9.17, 15) is 9.59 Å². The number of thiophene rings is 1. The summed E-state index contributed by atoms with van der Waals surface area (Å²) in [4.78, 5) is 26.1. The van der Waals surface area contributed by atoms with Gasteiger partial charge in [0.1, 0.15) is 10.8 Å². The van der Waals surface area contributed by atoms with Crippen molar-refractivity contribution in [2.45, 2.75) is 33.8 Å². The largest absolute Gasteiger partial charge is 0.459 e. The molecular formula is C21H19Cl2NO4S. The molecule has 3 rings (SSSR count). The highest BCUT2D eigenvalue weighted by Gasteiger charge is 2.24. The quantitative estimate of drug-likeness (QED) is 0.435. The molecule has 0 aliphatic heterocycles. The molecule has 0 atom stereocenters. The summed E-state index contributed by atoms with van der Waals surface area (Å²) in [5.74, 6) is -0.444. The molecule has 1 amide bonds. The maximum Gasteiger partial charge on any atom is 0.341 e. The van der Waals surface area contributed by atoms with E-state index in [0.29, 0.717) is 31.9 Å². The lowest BCUT2D eigenvalue weighted by Crippen LogP contribution is -2.16. The lowest BCUT2D eigenvalue weighted by atomic mass is 10.1. The van der Waals surface area contributed by atoms with Crippen molar-refractivity contribution >= 4 is 51.4 Å². The molecule has 0 saturated carbocycles. The molecule has 2 aromatic heterocycles. The Labute approximate surface area is 182 Å². The summed E-state index contributed by atoms with van der Waals surface area (Å²) < 4.78 is 11.0. The molecule has 0 aliphatic rings. The highest BCUT2D eigenvalue weighted by Crippen LogP contribution is 2.35. The van der Waals surface area contributed by atoms with Gasteiger partial charge in [0.25, 0.3) is 5.91 Å². The van der Waals surface area contributed by atoms with Gasteiger partial charge in [-0.05, 0) is 63.6 Å². The molecule has 0 unspecified atom stereocenters. The maximum absolute atomic E-state index is 12.7. The molecule has 5 nitrogen and oxygen atoms in total. The average Bonchev–Trinajstić information content (AvgIpc) is 3.22. The molecule has 3 aromatic rings. The summed E-state index contributed by atoms with van der Waals surface area (Å²) in [6, 6.07) is 8.18. The predicted molar refractivity (Wildman–Crippen MR) is 116 cm³/mol. The van der Waals surface area contributed by atoms with Crippen LogP contribution in [0.5, 0.6) is 0 Å². The normalized spacial score (nSPS) is 11.0. The SMILES string of the molecule is Cc1sc(NC(=O)c2ccc(-c3cc(Cl)ccc3Cl)o2)c(C(=O)OC(C)C)c1C. The Balaban J connectivity index is 1.87. The number of rotatable bonds is 5. The number of furan rings is 1. The number of benzene rings is 1. The van der Waals surface area contributed by atoms with Crippen LogP contribution < -0.4 is 5.32 Å². The van der Waals surface area contributed by atoms with Crippen LogP contribution in [0.15, 0.2) is 34.7 Å². The smallest absolute Gasteiger partial charge is 0.341 e. The van der Waals surface area contributed by atoms with Crippen LogP contribution in [0.4, 0.5) is 5.00 Å². The Morgan fingerprint density at radius 3 is 2.55 bits per heavy atom. The Morgan fingerprint density at radius 2 is 1.86 bits per heavy atom. The number of amides is 1. The minimum absolute atomic E-state index is 0.0860. The zero-order valence-corrected chi connectivity index (χ0v) is 18.6. The van der Waals surface area contributed by atoms with Crippen LogP contribution in [-0.2, 0) is 4.74 Å². The standard InChI is InChI=1S/C21H19Cl2NO4S/c1-10(2)27-21(26)18-11(3)12(4)29-20(18)24-19(25)17-8-7-16(28-17)14-9-13(22)5-6-15(14)23/h5-10H,1-4H3,(H,24,25). The highest BCUT2D eigenvalue weighted by atomic mass is 35.5. The van der Waals surface area contributed by atoms with Crippen LogP contribution in [-0.4, -0.2) is 18.0 Å². The fourth-order valence-corrected chi connectivity index (χ4v) is 4.12. The van der Waals surface area contributed by atoms with E-state index in [-0.39, 0.29) is 11.9 Å². The van der Waals surface area contributed by atoms with Crippen molar-refractivity contribution < 1.29 is 18.7 Å². The number of nitrogens with one attached hydrogen (secondary N) is 1. The number of aryl methyl sites for hydroxylation is 1. The minimum Gasteiger partial charge on any atom is -0.459 e. The van der Waals surface area contributed by atoms with Gasteiger partial charge in [0, 0.05) is 15.5 Å². The molecule has 0 bridgehead atoms.